The van der Waals surface area contributed by atoms with Crippen molar-refractivity contribution in [3.8, 4) is 0 Å². The van der Waals surface area contributed by atoms with E-state index in [1.54, 1.807) is 14.0 Å². The lowest BCUT2D eigenvalue weighted by Crippen LogP contribution is -2.46. The lowest BCUT2D eigenvalue weighted by molar-refractivity contribution is -0.134. The molecule has 112 valence electrons. The van der Waals surface area contributed by atoms with Gasteiger partial charge in [-0.1, -0.05) is 20.3 Å². The van der Waals surface area contributed by atoms with E-state index >= 15 is 0 Å². The van der Waals surface area contributed by atoms with Crippen LogP contribution in [0, 0.1) is 17.6 Å². The van der Waals surface area contributed by atoms with Gasteiger partial charge in [0, 0.05) is 12.6 Å². The second-order valence-corrected chi connectivity index (χ2v) is 5.20. The monoisotopic (exact) mass is 284 g/mol. The SMILES string of the molecule is CC[C@H](C)[C@H](N)C(=O)N(C)C(C)c1cc(F)ccc1F. The normalized spacial score (nSPS) is 15.6. The fourth-order valence-electron chi connectivity index (χ4n) is 1.97. The molecule has 1 rings (SSSR count). The minimum atomic E-state index is -0.635. The van der Waals surface area contributed by atoms with E-state index in [0.717, 1.165) is 24.6 Å². The highest BCUT2D eigenvalue weighted by Gasteiger charge is 2.27. The second kappa shape index (κ2) is 6.79. The number of likely N-dealkylation sites (N-methyl/N-ethyl adjacent to an activating group) is 1. The first-order chi connectivity index (χ1) is 9.29. The number of nitrogens with two attached hydrogens (primary N) is 1. The highest BCUT2D eigenvalue weighted by atomic mass is 19.1. The van der Waals surface area contributed by atoms with Gasteiger partial charge in [0.1, 0.15) is 11.6 Å². The predicted molar refractivity (Wildman–Crippen MR) is 75.0 cm³/mol. The van der Waals surface area contributed by atoms with Gasteiger partial charge < -0.3 is 10.6 Å². The number of hydrogen-bond acceptors (Lipinski definition) is 2. The summed E-state index contributed by atoms with van der Waals surface area (Å²) in [5.74, 6) is -1.29. The van der Waals surface area contributed by atoms with Gasteiger partial charge >= 0.3 is 0 Å². The molecule has 1 amide bonds. The third-order valence-corrected chi connectivity index (χ3v) is 3.88. The van der Waals surface area contributed by atoms with Gasteiger partial charge in [0.05, 0.1) is 12.1 Å². The molecule has 2 N–H and O–H groups in total. The molecule has 0 radical (unpaired) electrons. The number of rotatable bonds is 5. The smallest absolute Gasteiger partial charge is 0.240 e. The standard InChI is InChI=1S/C15H22F2N2O/c1-5-9(2)14(18)15(20)19(4)10(3)12-8-11(16)6-7-13(12)17/h6-10,14H,5,18H2,1-4H3/t9-,10?,14-/m0/s1. The summed E-state index contributed by atoms with van der Waals surface area (Å²) in [6, 6.07) is 2.02. The number of halogens is 2. The molecule has 0 aliphatic heterocycles. The maximum absolute atomic E-state index is 13.7. The highest BCUT2D eigenvalue weighted by Crippen LogP contribution is 2.24. The molecule has 0 saturated heterocycles. The van der Waals surface area contributed by atoms with Crippen LogP contribution in [0.4, 0.5) is 8.78 Å². The molecule has 0 aliphatic rings. The third kappa shape index (κ3) is 3.54. The van der Waals surface area contributed by atoms with Crippen LogP contribution >= 0.6 is 0 Å². The average Bonchev–Trinajstić information content (AvgIpc) is 2.45. The molecule has 5 heteroatoms. The van der Waals surface area contributed by atoms with Gasteiger partial charge in [0.25, 0.3) is 0 Å². The van der Waals surface area contributed by atoms with Gasteiger partial charge in [-0.2, -0.15) is 0 Å². The van der Waals surface area contributed by atoms with Crippen molar-refractivity contribution in [2.45, 2.75) is 39.3 Å². The summed E-state index contributed by atoms with van der Waals surface area (Å²) in [5, 5.41) is 0. The molecule has 0 aromatic heterocycles. The molecule has 0 heterocycles. The predicted octanol–water partition coefficient (Wildman–Crippen LogP) is 2.86. The number of carbonyl (C=O) groups excluding carboxylic acids is 1. The molecule has 1 aromatic rings. The first-order valence-corrected chi connectivity index (χ1v) is 6.76. The lowest BCUT2D eigenvalue weighted by atomic mass is 9.97. The van der Waals surface area contributed by atoms with Crippen molar-refractivity contribution >= 4 is 5.91 Å². The molecule has 1 aromatic carbocycles. The Hall–Kier alpha value is -1.49. The van der Waals surface area contributed by atoms with Crippen LogP contribution in [-0.2, 0) is 4.79 Å². The molecule has 3 nitrogen and oxygen atoms in total. The summed E-state index contributed by atoms with van der Waals surface area (Å²) < 4.78 is 27.0. The first kappa shape index (κ1) is 16.6. The molecule has 0 saturated carbocycles. The molecule has 0 bridgehead atoms. The van der Waals surface area contributed by atoms with Crippen molar-refractivity contribution < 1.29 is 13.6 Å². The third-order valence-electron chi connectivity index (χ3n) is 3.88. The maximum Gasteiger partial charge on any atom is 0.240 e. The van der Waals surface area contributed by atoms with Gasteiger partial charge in [-0.25, -0.2) is 8.78 Å². The molecular formula is C15H22F2N2O. The maximum atomic E-state index is 13.7. The van der Waals surface area contributed by atoms with Crippen molar-refractivity contribution in [1.29, 1.82) is 0 Å². The van der Waals surface area contributed by atoms with Crippen molar-refractivity contribution in [2.24, 2.45) is 11.7 Å². The van der Waals surface area contributed by atoms with Crippen molar-refractivity contribution in [2.75, 3.05) is 7.05 Å². The zero-order valence-corrected chi connectivity index (χ0v) is 12.4. The Morgan fingerprint density at radius 1 is 1.35 bits per heavy atom. The van der Waals surface area contributed by atoms with E-state index in [2.05, 4.69) is 0 Å². The highest BCUT2D eigenvalue weighted by molar-refractivity contribution is 5.82. The minimum Gasteiger partial charge on any atom is -0.338 e. The molecule has 1 unspecified atom stereocenters. The van der Waals surface area contributed by atoms with Crippen LogP contribution in [0.2, 0.25) is 0 Å². The van der Waals surface area contributed by atoms with E-state index in [-0.39, 0.29) is 17.4 Å². The fourth-order valence-corrected chi connectivity index (χ4v) is 1.97. The van der Waals surface area contributed by atoms with E-state index in [9.17, 15) is 13.6 Å². The van der Waals surface area contributed by atoms with Crippen molar-refractivity contribution in [1.82, 2.24) is 4.90 Å². The fraction of sp³-hybridized carbons (Fsp3) is 0.533. The summed E-state index contributed by atoms with van der Waals surface area (Å²) in [6.07, 6.45) is 0.781. The summed E-state index contributed by atoms with van der Waals surface area (Å²) in [4.78, 5) is 13.6. The van der Waals surface area contributed by atoms with Crippen LogP contribution in [0.25, 0.3) is 0 Å². The molecule has 0 fully saturated rings. The van der Waals surface area contributed by atoms with Crippen LogP contribution in [0.1, 0.15) is 38.8 Å². The first-order valence-electron chi connectivity index (χ1n) is 6.76. The summed E-state index contributed by atoms with van der Waals surface area (Å²) in [7, 11) is 1.56. The van der Waals surface area contributed by atoms with E-state index in [1.807, 2.05) is 13.8 Å². The largest absolute Gasteiger partial charge is 0.338 e. The van der Waals surface area contributed by atoms with Crippen LogP contribution in [0.15, 0.2) is 18.2 Å². The summed E-state index contributed by atoms with van der Waals surface area (Å²) in [5.41, 5.74) is 6.05. The van der Waals surface area contributed by atoms with Gasteiger partial charge in [0.15, 0.2) is 0 Å². The summed E-state index contributed by atoms with van der Waals surface area (Å²) in [6.45, 7) is 5.50. The Kier molecular flexibility index (Phi) is 5.62. The number of nitrogens with zero attached hydrogens (tertiary/aromatic N) is 1. The number of hydrogen-bond donors (Lipinski definition) is 1. The average molecular weight is 284 g/mol. The van der Waals surface area contributed by atoms with E-state index in [0.29, 0.717) is 0 Å². The van der Waals surface area contributed by atoms with Crippen LogP contribution in [0.3, 0.4) is 0 Å². The Morgan fingerprint density at radius 2 is 1.95 bits per heavy atom. The molecule has 0 spiro atoms. The van der Waals surface area contributed by atoms with Crippen molar-refractivity contribution in [3.63, 3.8) is 0 Å². The van der Waals surface area contributed by atoms with Gasteiger partial charge in [-0.05, 0) is 31.0 Å². The quantitative estimate of drug-likeness (QED) is 0.903. The lowest BCUT2D eigenvalue weighted by Gasteiger charge is -2.30. The van der Waals surface area contributed by atoms with Crippen LogP contribution < -0.4 is 5.73 Å². The Labute approximate surface area is 118 Å². The molecule has 20 heavy (non-hydrogen) atoms. The van der Waals surface area contributed by atoms with Crippen LogP contribution in [-0.4, -0.2) is 23.9 Å². The minimum absolute atomic E-state index is 0.0366. The molecule has 3 atom stereocenters. The van der Waals surface area contributed by atoms with Crippen molar-refractivity contribution in [3.05, 3.63) is 35.4 Å². The Bertz CT molecular complexity index is 479. The zero-order chi connectivity index (χ0) is 15.4. The zero-order valence-electron chi connectivity index (χ0n) is 12.4. The van der Waals surface area contributed by atoms with Gasteiger partial charge in [-0.15, -0.1) is 0 Å². The number of amides is 1. The van der Waals surface area contributed by atoms with Crippen LogP contribution in [0.5, 0.6) is 0 Å². The summed E-state index contributed by atoms with van der Waals surface area (Å²) >= 11 is 0. The molecule has 0 aliphatic carbocycles. The van der Waals surface area contributed by atoms with Gasteiger partial charge in [0.2, 0.25) is 5.91 Å². The number of carbonyl (C=O) groups is 1. The second-order valence-electron chi connectivity index (χ2n) is 5.20. The van der Waals surface area contributed by atoms with E-state index < -0.39 is 23.7 Å². The van der Waals surface area contributed by atoms with E-state index in [1.165, 1.54) is 4.90 Å². The van der Waals surface area contributed by atoms with E-state index in [4.69, 9.17) is 5.73 Å². The van der Waals surface area contributed by atoms with Gasteiger partial charge in [-0.3, -0.25) is 4.79 Å². The Morgan fingerprint density at radius 3 is 2.50 bits per heavy atom. The Balaban J connectivity index is 2.93. The molecular weight excluding hydrogens is 262 g/mol. The topological polar surface area (TPSA) is 46.3 Å². The number of benzene rings is 1.